The van der Waals surface area contributed by atoms with Crippen molar-refractivity contribution in [1.29, 1.82) is 0 Å². The van der Waals surface area contributed by atoms with E-state index in [-0.39, 0.29) is 11.3 Å². The van der Waals surface area contributed by atoms with Crippen LogP contribution in [0, 0.1) is 24.0 Å². The predicted octanol–water partition coefficient (Wildman–Crippen LogP) is 3.45. The van der Waals surface area contributed by atoms with Crippen LogP contribution in [0.2, 0.25) is 0 Å². The Kier molecular flexibility index (Phi) is 7.88. The molecule has 30 heavy (non-hydrogen) atoms. The summed E-state index contributed by atoms with van der Waals surface area (Å²) in [6, 6.07) is 9.44. The molecule has 2 N–H and O–H groups in total. The molecule has 160 valence electrons. The van der Waals surface area contributed by atoms with Crippen molar-refractivity contribution in [3.05, 3.63) is 63.2 Å². The number of carbonyl (C=O) groups is 2. The van der Waals surface area contributed by atoms with Crippen molar-refractivity contribution in [3.8, 4) is 0 Å². The summed E-state index contributed by atoms with van der Waals surface area (Å²) in [6.07, 6.45) is -1.11. The Morgan fingerprint density at radius 1 is 1.13 bits per heavy atom. The maximum atomic E-state index is 12.7. The zero-order valence-electron chi connectivity index (χ0n) is 17.4. The summed E-state index contributed by atoms with van der Waals surface area (Å²) in [5.41, 5.74) is 2.53. The molecule has 9 heteroatoms. The molecule has 2 aromatic rings. The lowest BCUT2D eigenvalue weighted by molar-refractivity contribution is -0.384. The van der Waals surface area contributed by atoms with Crippen molar-refractivity contribution in [2.45, 2.75) is 26.9 Å². The highest BCUT2D eigenvalue weighted by molar-refractivity contribution is 6.00. The molecule has 0 spiro atoms. The van der Waals surface area contributed by atoms with Crippen molar-refractivity contribution in [2.24, 2.45) is 0 Å². The van der Waals surface area contributed by atoms with Gasteiger partial charge in [0.2, 0.25) is 0 Å². The predicted molar refractivity (Wildman–Crippen MR) is 113 cm³/mol. The Morgan fingerprint density at radius 3 is 2.53 bits per heavy atom. The number of amides is 1. The van der Waals surface area contributed by atoms with Crippen LogP contribution in [-0.4, -0.2) is 43.2 Å². The van der Waals surface area contributed by atoms with Crippen molar-refractivity contribution >= 4 is 28.9 Å². The van der Waals surface area contributed by atoms with E-state index in [0.717, 1.165) is 17.2 Å². The Hall–Kier alpha value is -3.46. The van der Waals surface area contributed by atoms with E-state index in [2.05, 4.69) is 10.6 Å². The lowest BCUT2D eigenvalue weighted by atomic mass is 10.1. The Balaban J connectivity index is 2.16. The fraction of sp³-hybridized carbons (Fsp3) is 0.333. The van der Waals surface area contributed by atoms with E-state index >= 15 is 0 Å². The van der Waals surface area contributed by atoms with Crippen molar-refractivity contribution in [2.75, 3.05) is 30.9 Å². The molecular formula is C21H25N3O6. The third-order valence-electron chi connectivity index (χ3n) is 4.36. The van der Waals surface area contributed by atoms with Gasteiger partial charge in [0.25, 0.3) is 11.6 Å². The minimum absolute atomic E-state index is 0.0355. The monoisotopic (exact) mass is 415 g/mol. The van der Waals surface area contributed by atoms with Gasteiger partial charge in [0.1, 0.15) is 0 Å². The number of ether oxygens (including phenoxy) is 2. The van der Waals surface area contributed by atoms with Gasteiger partial charge in [-0.2, -0.15) is 0 Å². The molecule has 0 unspecified atom stereocenters. The average Bonchev–Trinajstić information content (AvgIpc) is 2.70. The lowest BCUT2D eigenvalue weighted by Crippen LogP contribution is -2.30. The van der Waals surface area contributed by atoms with Crippen LogP contribution >= 0.6 is 0 Å². The highest BCUT2D eigenvalue weighted by Crippen LogP contribution is 2.24. The molecule has 2 aromatic carbocycles. The average molecular weight is 415 g/mol. The van der Waals surface area contributed by atoms with E-state index in [0.29, 0.717) is 24.5 Å². The van der Waals surface area contributed by atoms with Crippen molar-refractivity contribution in [3.63, 3.8) is 0 Å². The summed E-state index contributed by atoms with van der Waals surface area (Å²) in [6.45, 7) is 5.96. The van der Waals surface area contributed by atoms with Gasteiger partial charge in [0, 0.05) is 37.2 Å². The first kappa shape index (κ1) is 22.8. The standard InChI is InChI=1S/C21H25N3O6/c1-13-5-6-14(2)19(11-13)23-20(25)15(3)30-21(26)17-12-16(24(27)28)7-8-18(17)22-9-10-29-4/h5-8,11-12,15,22H,9-10H2,1-4H3,(H,23,25)/t15-/m1/s1. The third-order valence-corrected chi connectivity index (χ3v) is 4.36. The summed E-state index contributed by atoms with van der Waals surface area (Å²) in [4.78, 5) is 35.6. The van der Waals surface area contributed by atoms with Crippen LogP contribution in [0.15, 0.2) is 36.4 Å². The van der Waals surface area contributed by atoms with E-state index in [4.69, 9.17) is 9.47 Å². The molecule has 0 radical (unpaired) electrons. The number of methoxy groups -OCH3 is 1. The van der Waals surface area contributed by atoms with Crippen LogP contribution in [0.1, 0.15) is 28.4 Å². The van der Waals surface area contributed by atoms with E-state index in [9.17, 15) is 19.7 Å². The molecule has 0 aliphatic heterocycles. The Labute approximate surface area is 174 Å². The molecule has 0 aromatic heterocycles. The van der Waals surface area contributed by atoms with Crippen LogP contribution in [0.3, 0.4) is 0 Å². The lowest BCUT2D eigenvalue weighted by Gasteiger charge is -2.16. The van der Waals surface area contributed by atoms with E-state index < -0.39 is 22.9 Å². The molecule has 0 aliphatic rings. The molecule has 2 rings (SSSR count). The number of nitrogens with zero attached hydrogens (tertiary/aromatic N) is 1. The first-order chi connectivity index (χ1) is 14.2. The van der Waals surface area contributed by atoms with Gasteiger partial charge in [-0.25, -0.2) is 4.79 Å². The summed E-state index contributed by atoms with van der Waals surface area (Å²) in [5.74, 6) is -1.35. The molecule has 1 amide bonds. The summed E-state index contributed by atoms with van der Waals surface area (Å²) >= 11 is 0. The molecule has 0 fully saturated rings. The van der Waals surface area contributed by atoms with E-state index in [1.807, 2.05) is 32.0 Å². The van der Waals surface area contributed by atoms with Gasteiger partial charge >= 0.3 is 5.97 Å². The molecule has 0 bridgehead atoms. The smallest absolute Gasteiger partial charge is 0.341 e. The number of hydrogen-bond donors (Lipinski definition) is 2. The van der Waals surface area contributed by atoms with Crippen LogP contribution in [-0.2, 0) is 14.3 Å². The zero-order chi connectivity index (χ0) is 22.3. The van der Waals surface area contributed by atoms with Crippen LogP contribution in [0.4, 0.5) is 17.1 Å². The third kappa shape index (κ3) is 6.02. The maximum absolute atomic E-state index is 12.7. The molecule has 0 saturated heterocycles. The van der Waals surface area contributed by atoms with Gasteiger partial charge in [-0.15, -0.1) is 0 Å². The van der Waals surface area contributed by atoms with Crippen LogP contribution in [0.5, 0.6) is 0 Å². The topological polar surface area (TPSA) is 120 Å². The van der Waals surface area contributed by atoms with E-state index in [1.165, 1.54) is 26.2 Å². The fourth-order valence-corrected chi connectivity index (χ4v) is 2.64. The number of rotatable bonds is 9. The van der Waals surface area contributed by atoms with Gasteiger partial charge in [0.15, 0.2) is 6.10 Å². The van der Waals surface area contributed by atoms with Gasteiger partial charge in [-0.3, -0.25) is 14.9 Å². The number of non-ortho nitro benzene ring substituents is 1. The number of nitrogens with one attached hydrogen (secondary N) is 2. The largest absolute Gasteiger partial charge is 0.449 e. The second-order valence-corrected chi connectivity index (χ2v) is 6.76. The van der Waals surface area contributed by atoms with E-state index in [1.54, 1.807) is 0 Å². The normalized spacial score (nSPS) is 11.5. The minimum Gasteiger partial charge on any atom is -0.449 e. The Bertz CT molecular complexity index is 944. The first-order valence-corrected chi connectivity index (χ1v) is 9.33. The second-order valence-electron chi connectivity index (χ2n) is 6.76. The molecular weight excluding hydrogens is 390 g/mol. The van der Waals surface area contributed by atoms with Gasteiger partial charge in [-0.1, -0.05) is 12.1 Å². The number of nitro benzene ring substituents is 1. The summed E-state index contributed by atoms with van der Waals surface area (Å²) in [5, 5.41) is 16.8. The number of anilines is 2. The van der Waals surface area contributed by atoms with Crippen LogP contribution < -0.4 is 10.6 Å². The first-order valence-electron chi connectivity index (χ1n) is 9.33. The van der Waals surface area contributed by atoms with Crippen LogP contribution in [0.25, 0.3) is 0 Å². The fourth-order valence-electron chi connectivity index (χ4n) is 2.64. The number of aryl methyl sites for hydroxylation is 2. The van der Waals surface area contributed by atoms with Crippen molar-refractivity contribution < 1.29 is 24.0 Å². The minimum atomic E-state index is -1.11. The second kappa shape index (κ2) is 10.4. The summed E-state index contributed by atoms with van der Waals surface area (Å²) < 4.78 is 10.2. The number of benzene rings is 2. The number of hydrogen-bond acceptors (Lipinski definition) is 7. The number of nitro groups is 1. The summed E-state index contributed by atoms with van der Waals surface area (Å²) in [7, 11) is 1.53. The Morgan fingerprint density at radius 2 is 1.87 bits per heavy atom. The zero-order valence-corrected chi connectivity index (χ0v) is 17.4. The molecule has 0 aliphatic carbocycles. The highest BCUT2D eigenvalue weighted by atomic mass is 16.6. The molecule has 0 heterocycles. The highest BCUT2D eigenvalue weighted by Gasteiger charge is 2.23. The van der Waals surface area contributed by atoms with Gasteiger partial charge in [-0.05, 0) is 44.0 Å². The SMILES string of the molecule is COCCNc1ccc([N+](=O)[O-])cc1C(=O)O[C@H](C)C(=O)Nc1cc(C)ccc1C. The molecule has 9 nitrogen and oxygen atoms in total. The van der Waals surface area contributed by atoms with Gasteiger partial charge in [0.05, 0.1) is 17.1 Å². The maximum Gasteiger partial charge on any atom is 0.341 e. The molecule has 0 saturated carbocycles. The number of carbonyl (C=O) groups excluding carboxylic acids is 2. The van der Waals surface area contributed by atoms with Crippen molar-refractivity contribution in [1.82, 2.24) is 0 Å². The molecule has 1 atom stereocenters. The van der Waals surface area contributed by atoms with Gasteiger partial charge < -0.3 is 20.1 Å². The number of esters is 1. The quantitative estimate of drug-likeness (QED) is 0.278.